The van der Waals surface area contributed by atoms with Crippen LogP contribution in [0.5, 0.6) is 11.5 Å². The molecule has 1 aromatic carbocycles. The molecule has 0 radical (unpaired) electrons. The van der Waals surface area contributed by atoms with E-state index in [0.717, 1.165) is 34.6 Å². The Bertz CT molecular complexity index is 380. The van der Waals surface area contributed by atoms with Gasteiger partial charge in [0.25, 0.3) is 0 Å². The van der Waals surface area contributed by atoms with Gasteiger partial charge in [0.1, 0.15) is 0 Å². The van der Waals surface area contributed by atoms with Crippen LogP contribution in [0.1, 0.15) is 12.5 Å². The Morgan fingerprint density at radius 3 is 2.76 bits per heavy atom. The number of ether oxygens (including phenoxy) is 2. The number of hydrogen-bond acceptors (Lipinski definition) is 3. The molecule has 0 aliphatic carbocycles. The Labute approximate surface area is 111 Å². The van der Waals surface area contributed by atoms with Crippen LogP contribution in [-0.4, -0.2) is 20.3 Å². The average Bonchev–Trinajstić information content (AvgIpc) is 2.33. The third-order valence-corrected chi connectivity index (χ3v) is 2.97. The summed E-state index contributed by atoms with van der Waals surface area (Å²) in [7, 11) is 1.64. The summed E-state index contributed by atoms with van der Waals surface area (Å²) in [5, 5.41) is 3.25. The first-order valence-corrected chi connectivity index (χ1v) is 6.33. The Balaban J connectivity index is 2.89. The highest BCUT2D eigenvalue weighted by molar-refractivity contribution is 9.10. The van der Waals surface area contributed by atoms with Gasteiger partial charge in [-0.1, -0.05) is 22.0 Å². The molecule has 4 heteroatoms. The highest BCUT2D eigenvalue weighted by Gasteiger charge is 2.09. The van der Waals surface area contributed by atoms with Crippen molar-refractivity contribution < 1.29 is 9.47 Å². The zero-order valence-corrected chi connectivity index (χ0v) is 11.8. The molecule has 17 heavy (non-hydrogen) atoms. The zero-order valence-electron chi connectivity index (χ0n) is 10.3. The average molecular weight is 300 g/mol. The predicted molar refractivity (Wildman–Crippen MR) is 73.8 cm³/mol. The van der Waals surface area contributed by atoms with Crippen LogP contribution < -0.4 is 14.8 Å². The topological polar surface area (TPSA) is 30.5 Å². The van der Waals surface area contributed by atoms with E-state index in [4.69, 9.17) is 9.47 Å². The summed E-state index contributed by atoms with van der Waals surface area (Å²) in [6.07, 6.45) is 1.83. The van der Waals surface area contributed by atoms with Gasteiger partial charge in [0.15, 0.2) is 11.5 Å². The number of hydrogen-bond donors (Lipinski definition) is 1. The number of nitrogens with one attached hydrogen (secondary N) is 1. The van der Waals surface area contributed by atoms with Gasteiger partial charge < -0.3 is 14.8 Å². The van der Waals surface area contributed by atoms with Crippen LogP contribution >= 0.6 is 15.9 Å². The van der Waals surface area contributed by atoms with Crippen LogP contribution in [-0.2, 0) is 6.54 Å². The first-order chi connectivity index (χ1) is 8.22. The van der Waals surface area contributed by atoms with Crippen molar-refractivity contribution in [2.24, 2.45) is 0 Å². The van der Waals surface area contributed by atoms with E-state index < -0.39 is 0 Å². The summed E-state index contributed by atoms with van der Waals surface area (Å²) in [6, 6.07) is 3.92. The Hall–Kier alpha value is -1.00. The van der Waals surface area contributed by atoms with Crippen LogP contribution in [0.2, 0.25) is 0 Å². The van der Waals surface area contributed by atoms with E-state index in [9.17, 15) is 0 Å². The van der Waals surface area contributed by atoms with E-state index in [0.29, 0.717) is 6.61 Å². The normalized spacial score (nSPS) is 10.1. The molecule has 0 amide bonds. The third-order valence-electron chi connectivity index (χ3n) is 2.24. The SMILES string of the molecule is C=CCNCc1cc(OCC)c(OC)cc1Br. The van der Waals surface area contributed by atoms with Crippen molar-refractivity contribution in [2.75, 3.05) is 20.3 Å². The fourth-order valence-electron chi connectivity index (χ4n) is 1.45. The minimum Gasteiger partial charge on any atom is -0.493 e. The molecule has 0 atom stereocenters. The standard InChI is InChI=1S/C13H18BrNO2/c1-4-6-15-9-10-7-13(17-5-2)12(16-3)8-11(10)14/h4,7-8,15H,1,5-6,9H2,2-3H3. The Morgan fingerprint density at radius 2 is 2.18 bits per heavy atom. The van der Waals surface area contributed by atoms with Gasteiger partial charge in [-0.2, -0.15) is 0 Å². The van der Waals surface area contributed by atoms with Gasteiger partial charge in [0.2, 0.25) is 0 Å². The number of halogens is 1. The Morgan fingerprint density at radius 1 is 1.41 bits per heavy atom. The van der Waals surface area contributed by atoms with Gasteiger partial charge >= 0.3 is 0 Å². The molecule has 0 bridgehead atoms. The lowest BCUT2D eigenvalue weighted by Crippen LogP contribution is -2.13. The lowest BCUT2D eigenvalue weighted by atomic mass is 10.2. The van der Waals surface area contributed by atoms with Crippen LogP contribution in [0, 0.1) is 0 Å². The summed E-state index contributed by atoms with van der Waals surface area (Å²) in [5.74, 6) is 1.51. The van der Waals surface area contributed by atoms with E-state index in [2.05, 4.69) is 27.8 Å². The first kappa shape index (κ1) is 14.1. The lowest BCUT2D eigenvalue weighted by Gasteiger charge is -2.13. The van der Waals surface area contributed by atoms with Gasteiger partial charge in [0, 0.05) is 17.6 Å². The molecule has 0 heterocycles. The van der Waals surface area contributed by atoms with Crippen molar-refractivity contribution in [1.82, 2.24) is 5.32 Å². The second kappa shape index (κ2) is 7.35. The monoisotopic (exact) mass is 299 g/mol. The van der Waals surface area contributed by atoms with E-state index in [1.54, 1.807) is 7.11 Å². The number of methoxy groups -OCH3 is 1. The third kappa shape index (κ3) is 4.06. The summed E-state index contributed by atoms with van der Waals surface area (Å²) in [6.45, 7) is 7.79. The largest absolute Gasteiger partial charge is 0.493 e. The van der Waals surface area contributed by atoms with E-state index in [-0.39, 0.29) is 0 Å². The maximum atomic E-state index is 5.54. The van der Waals surface area contributed by atoms with Crippen LogP contribution in [0.25, 0.3) is 0 Å². The molecule has 0 saturated heterocycles. The van der Waals surface area contributed by atoms with Gasteiger partial charge in [-0.05, 0) is 24.6 Å². The Kier molecular flexibility index (Phi) is 6.08. The molecule has 94 valence electrons. The second-order valence-electron chi connectivity index (χ2n) is 3.45. The number of rotatable bonds is 7. The molecular formula is C13H18BrNO2. The molecule has 0 aliphatic rings. The molecule has 0 aliphatic heterocycles. The molecule has 0 fully saturated rings. The molecule has 1 rings (SSSR count). The maximum absolute atomic E-state index is 5.54. The van der Waals surface area contributed by atoms with Crippen molar-refractivity contribution >= 4 is 15.9 Å². The van der Waals surface area contributed by atoms with E-state index in [1.807, 2.05) is 25.1 Å². The van der Waals surface area contributed by atoms with Crippen molar-refractivity contribution in [3.05, 3.63) is 34.8 Å². The van der Waals surface area contributed by atoms with Gasteiger partial charge in [-0.25, -0.2) is 0 Å². The van der Waals surface area contributed by atoms with Gasteiger partial charge in [0.05, 0.1) is 13.7 Å². The summed E-state index contributed by atoms with van der Waals surface area (Å²) >= 11 is 3.52. The highest BCUT2D eigenvalue weighted by Crippen LogP contribution is 2.33. The summed E-state index contributed by atoms with van der Waals surface area (Å²) in [5.41, 5.74) is 1.14. The minimum absolute atomic E-state index is 0.623. The smallest absolute Gasteiger partial charge is 0.161 e. The molecular weight excluding hydrogens is 282 g/mol. The van der Waals surface area contributed by atoms with Crippen molar-refractivity contribution in [2.45, 2.75) is 13.5 Å². The van der Waals surface area contributed by atoms with Crippen LogP contribution in [0.15, 0.2) is 29.3 Å². The highest BCUT2D eigenvalue weighted by atomic mass is 79.9. The molecule has 0 aromatic heterocycles. The summed E-state index contributed by atoms with van der Waals surface area (Å²) in [4.78, 5) is 0. The predicted octanol–water partition coefficient (Wildman–Crippen LogP) is 3.13. The maximum Gasteiger partial charge on any atom is 0.161 e. The molecule has 1 N–H and O–H groups in total. The summed E-state index contributed by atoms with van der Waals surface area (Å²) < 4.78 is 11.8. The van der Waals surface area contributed by atoms with E-state index in [1.165, 1.54) is 0 Å². The van der Waals surface area contributed by atoms with E-state index >= 15 is 0 Å². The van der Waals surface area contributed by atoms with Gasteiger partial charge in [-0.15, -0.1) is 6.58 Å². The molecule has 0 saturated carbocycles. The van der Waals surface area contributed by atoms with Crippen LogP contribution in [0.3, 0.4) is 0 Å². The zero-order chi connectivity index (χ0) is 12.7. The fraction of sp³-hybridized carbons (Fsp3) is 0.385. The van der Waals surface area contributed by atoms with Crippen LogP contribution in [0.4, 0.5) is 0 Å². The molecule has 3 nitrogen and oxygen atoms in total. The lowest BCUT2D eigenvalue weighted by molar-refractivity contribution is 0.310. The minimum atomic E-state index is 0.623. The number of benzene rings is 1. The fourth-order valence-corrected chi connectivity index (χ4v) is 1.91. The van der Waals surface area contributed by atoms with Crippen molar-refractivity contribution in [1.29, 1.82) is 0 Å². The van der Waals surface area contributed by atoms with Crippen molar-refractivity contribution in [3.63, 3.8) is 0 Å². The quantitative estimate of drug-likeness (QED) is 0.620. The second-order valence-corrected chi connectivity index (χ2v) is 4.30. The molecule has 0 unspecified atom stereocenters. The van der Waals surface area contributed by atoms with Crippen molar-refractivity contribution in [3.8, 4) is 11.5 Å². The van der Waals surface area contributed by atoms with Gasteiger partial charge in [-0.3, -0.25) is 0 Å². The molecule has 0 spiro atoms. The molecule has 1 aromatic rings. The first-order valence-electron chi connectivity index (χ1n) is 5.53.